The van der Waals surface area contributed by atoms with Crippen molar-refractivity contribution in [3.8, 4) is 0 Å². The maximum atomic E-state index is 13.1. The predicted octanol–water partition coefficient (Wildman–Crippen LogP) is 24.9. The van der Waals surface area contributed by atoms with E-state index in [-0.39, 0.29) is 25.7 Å². The molecule has 0 aromatic heterocycles. The number of phosphoric ester groups is 2. The van der Waals surface area contributed by atoms with Crippen LogP contribution in [-0.2, 0) is 65.4 Å². The van der Waals surface area contributed by atoms with Crippen LogP contribution in [-0.4, -0.2) is 96.7 Å². The molecule has 0 radical (unpaired) electrons. The summed E-state index contributed by atoms with van der Waals surface area (Å²) >= 11 is 0. The number of hydrogen-bond donors (Lipinski definition) is 3. The zero-order valence-corrected chi connectivity index (χ0v) is 68.9. The van der Waals surface area contributed by atoms with E-state index in [1.807, 2.05) is 0 Å². The van der Waals surface area contributed by atoms with E-state index in [0.717, 1.165) is 108 Å². The van der Waals surface area contributed by atoms with Gasteiger partial charge in [-0.1, -0.05) is 382 Å². The molecule has 102 heavy (non-hydrogen) atoms. The molecule has 606 valence electrons. The van der Waals surface area contributed by atoms with Crippen LogP contribution in [0.2, 0.25) is 0 Å². The van der Waals surface area contributed by atoms with Gasteiger partial charge in [0.15, 0.2) is 12.2 Å². The van der Waals surface area contributed by atoms with Gasteiger partial charge in [-0.2, -0.15) is 0 Å². The smallest absolute Gasteiger partial charge is 0.462 e. The van der Waals surface area contributed by atoms with Crippen LogP contribution in [0.5, 0.6) is 0 Å². The molecular weight excluding hydrogens is 1330 g/mol. The summed E-state index contributed by atoms with van der Waals surface area (Å²) in [5, 5.41) is 10.7. The first-order valence-corrected chi connectivity index (χ1v) is 45.9. The van der Waals surface area contributed by atoms with Crippen molar-refractivity contribution in [2.75, 3.05) is 39.6 Å². The van der Waals surface area contributed by atoms with Gasteiger partial charge in [0, 0.05) is 25.7 Å². The van der Waals surface area contributed by atoms with Gasteiger partial charge >= 0.3 is 39.5 Å². The predicted molar refractivity (Wildman–Crippen MR) is 418 cm³/mol. The molecule has 0 bridgehead atoms. The molecule has 0 aliphatic carbocycles. The van der Waals surface area contributed by atoms with E-state index in [0.29, 0.717) is 25.7 Å². The fraction of sp³-hybridized carbons (Fsp3) is 0.952. The van der Waals surface area contributed by atoms with Gasteiger partial charge in [0.05, 0.1) is 26.4 Å². The molecule has 0 fully saturated rings. The Morgan fingerprint density at radius 3 is 0.745 bits per heavy atom. The zero-order chi connectivity index (χ0) is 75.1. The molecule has 17 nitrogen and oxygen atoms in total. The third-order valence-electron chi connectivity index (χ3n) is 20.1. The van der Waals surface area contributed by atoms with Crippen molar-refractivity contribution in [1.82, 2.24) is 0 Å². The highest BCUT2D eigenvalue weighted by atomic mass is 31.2. The minimum absolute atomic E-state index is 0.107. The molecular formula is C83H162O17P2. The molecule has 0 saturated carbocycles. The molecule has 0 aliphatic heterocycles. The number of rotatable bonds is 81. The monoisotopic (exact) mass is 1490 g/mol. The number of phosphoric acid groups is 2. The third kappa shape index (κ3) is 73.6. The van der Waals surface area contributed by atoms with Gasteiger partial charge in [0.1, 0.15) is 19.3 Å². The van der Waals surface area contributed by atoms with Crippen LogP contribution in [0, 0.1) is 17.8 Å². The summed E-state index contributed by atoms with van der Waals surface area (Å²) in [5.74, 6) is 0.375. The molecule has 0 aliphatic rings. The average Bonchev–Trinajstić information content (AvgIpc) is 0.930. The van der Waals surface area contributed by atoms with E-state index in [1.165, 1.54) is 244 Å². The van der Waals surface area contributed by atoms with Crippen molar-refractivity contribution in [3.63, 3.8) is 0 Å². The van der Waals surface area contributed by atoms with Crippen molar-refractivity contribution in [3.05, 3.63) is 0 Å². The molecule has 0 rings (SSSR count). The van der Waals surface area contributed by atoms with E-state index < -0.39 is 97.5 Å². The van der Waals surface area contributed by atoms with Gasteiger partial charge in [-0.15, -0.1) is 0 Å². The van der Waals surface area contributed by atoms with Crippen LogP contribution >= 0.6 is 15.6 Å². The number of carbonyl (C=O) groups excluding carboxylic acids is 4. The summed E-state index contributed by atoms with van der Waals surface area (Å²) in [7, 11) is -9.92. The Balaban J connectivity index is 5.25. The molecule has 0 heterocycles. The minimum Gasteiger partial charge on any atom is -0.462 e. The highest BCUT2D eigenvalue weighted by Gasteiger charge is 2.30. The Hall–Kier alpha value is -1.94. The molecule has 3 N–H and O–H groups in total. The Morgan fingerprint density at radius 2 is 0.500 bits per heavy atom. The van der Waals surface area contributed by atoms with Crippen LogP contribution in [0.1, 0.15) is 434 Å². The van der Waals surface area contributed by atoms with Gasteiger partial charge in [0.2, 0.25) is 0 Å². The number of aliphatic hydroxyl groups excluding tert-OH is 1. The summed E-state index contributed by atoms with van der Waals surface area (Å²) < 4.78 is 68.8. The average molecular weight is 1490 g/mol. The lowest BCUT2D eigenvalue weighted by atomic mass is 9.99. The lowest BCUT2D eigenvalue weighted by molar-refractivity contribution is -0.161. The highest BCUT2D eigenvalue weighted by Crippen LogP contribution is 2.45. The Bertz CT molecular complexity index is 1980. The molecule has 0 amide bonds. The van der Waals surface area contributed by atoms with Crippen LogP contribution in [0.3, 0.4) is 0 Å². The third-order valence-corrected chi connectivity index (χ3v) is 22.0. The summed E-state index contributed by atoms with van der Waals surface area (Å²) in [6, 6.07) is 0. The molecule has 0 aromatic carbocycles. The first-order chi connectivity index (χ1) is 49.3. The summed E-state index contributed by atoms with van der Waals surface area (Å²) in [5.41, 5.74) is 0. The van der Waals surface area contributed by atoms with Crippen molar-refractivity contribution in [2.45, 2.75) is 452 Å². The fourth-order valence-corrected chi connectivity index (χ4v) is 14.4. The lowest BCUT2D eigenvalue weighted by Crippen LogP contribution is -2.30. The largest absolute Gasteiger partial charge is 0.472 e. The van der Waals surface area contributed by atoms with Crippen LogP contribution < -0.4 is 0 Å². The number of ether oxygens (including phenoxy) is 4. The van der Waals surface area contributed by atoms with Crippen LogP contribution in [0.25, 0.3) is 0 Å². The number of unbranched alkanes of at least 4 members (excludes halogenated alkanes) is 47. The van der Waals surface area contributed by atoms with Crippen molar-refractivity contribution in [1.29, 1.82) is 0 Å². The van der Waals surface area contributed by atoms with E-state index >= 15 is 0 Å². The van der Waals surface area contributed by atoms with Gasteiger partial charge in [-0.05, 0) is 43.4 Å². The molecule has 0 spiro atoms. The maximum absolute atomic E-state index is 13.1. The number of aliphatic hydroxyl groups is 1. The van der Waals surface area contributed by atoms with E-state index in [2.05, 4.69) is 48.5 Å². The second kappa shape index (κ2) is 73.2. The highest BCUT2D eigenvalue weighted by molar-refractivity contribution is 7.47. The van der Waals surface area contributed by atoms with Crippen molar-refractivity contribution in [2.24, 2.45) is 17.8 Å². The Morgan fingerprint density at radius 1 is 0.284 bits per heavy atom. The van der Waals surface area contributed by atoms with Gasteiger partial charge < -0.3 is 33.8 Å². The summed E-state index contributed by atoms with van der Waals surface area (Å²) in [6.07, 6.45) is 62.2. The van der Waals surface area contributed by atoms with Gasteiger partial charge in [-0.3, -0.25) is 37.3 Å². The van der Waals surface area contributed by atoms with Gasteiger partial charge in [0.25, 0.3) is 0 Å². The number of esters is 4. The van der Waals surface area contributed by atoms with Gasteiger partial charge in [-0.25, -0.2) is 9.13 Å². The summed E-state index contributed by atoms with van der Waals surface area (Å²) in [6.45, 7) is 12.1. The van der Waals surface area contributed by atoms with Crippen LogP contribution in [0.4, 0.5) is 0 Å². The Kier molecular flexibility index (Phi) is 71.8. The minimum atomic E-state index is -4.96. The van der Waals surface area contributed by atoms with E-state index in [4.69, 9.17) is 37.0 Å². The van der Waals surface area contributed by atoms with Crippen molar-refractivity contribution >= 4 is 39.5 Å². The maximum Gasteiger partial charge on any atom is 0.472 e. The second-order valence-corrected chi connectivity index (χ2v) is 33.7. The first kappa shape index (κ1) is 100. The topological polar surface area (TPSA) is 237 Å². The molecule has 0 aromatic rings. The first-order valence-electron chi connectivity index (χ1n) is 42.9. The van der Waals surface area contributed by atoms with E-state index in [9.17, 15) is 43.2 Å². The lowest BCUT2D eigenvalue weighted by Gasteiger charge is -2.21. The van der Waals surface area contributed by atoms with Crippen LogP contribution in [0.15, 0.2) is 0 Å². The molecule has 7 atom stereocenters. The second-order valence-electron chi connectivity index (χ2n) is 30.8. The number of carbonyl (C=O) groups is 4. The molecule has 4 unspecified atom stereocenters. The Labute approximate surface area is 626 Å². The fourth-order valence-electron chi connectivity index (χ4n) is 12.8. The molecule has 0 saturated heterocycles. The van der Waals surface area contributed by atoms with Crippen molar-refractivity contribution < 1.29 is 80.2 Å². The SMILES string of the molecule is CCCCCCCCCCCCC(=O)OC[C@H](COP(=O)(O)OC[C@H](O)COP(=O)(O)OC[C@@H](COC(=O)CCCCCCCCCCCCCCCCC(C)CC)OC(=O)CCCCCCCCCCCCCCCCC(C)CC)OC(=O)CCCCCCCCCCCCCCCC(C)C. The standard InChI is InChI=1S/C83H162O17P2/c1-8-11-12-13-14-15-36-43-50-57-64-80(85)93-70-78(99-83(88)67-60-53-46-39-32-26-20-21-27-33-40-47-54-61-74(4)5)72-97-101(89,90)95-68-77(84)69-96-102(91,92)98-73-79(100-82(87)66-59-52-45-38-31-25-19-17-23-29-35-42-49-56-63-76(7)10-3)71-94-81(86)65-58-51-44-37-30-24-18-16-22-28-34-41-48-55-62-75(6)9-2/h74-79,84H,8-73H2,1-7H3,(H,89,90)(H,91,92)/t75?,76?,77-,78+,79+/m0/s1. The van der Waals surface area contributed by atoms with E-state index in [1.54, 1.807) is 0 Å². The quantitative estimate of drug-likeness (QED) is 0.0222. The molecule has 19 heteroatoms. The number of hydrogen-bond acceptors (Lipinski definition) is 15. The summed E-state index contributed by atoms with van der Waals surface area (Å²) in [4.78, 5) is 73.1. The normalized spacial score (nSPS) is 14.5. The zero-order valence-electron chi connectivity index (χ0n) is 67.1.